The van der Waals surface area contributed by atoms with Crippen LogP contribution in [0.3, 0.4) is 0 Å². The molecular weight excluding hydrogens is 404 g/mol. The fourth-order valence-electron chi connectivity index (χ4n) is 3.58. The first-order valence-corrected chi connectivity index (χ1v) is 10.3. The molecule has 7 nitrogen and oxygen atoms in total. The van der Waals surface area contributed by atoms with E-state index in [-0.39, 0.29) is 34.8 Å². The first kappa shape index (κ1) is 22.8. The third kappa shape index (κ3) is 4.91. The Bertz CT molecular complexity index is 986. The molecule has 2 aromatic rings. The number of likely N-dealkylation sites (tertiary alicyclic amines) is 1. The summed E-state index contributed by atoms with van der Waals surface area (Å²) in [4.78, 5) is 22.7. The van der Waals surface area contributed by atoms with E-state index in [4.69, 9.17) is 4.42 Å². The number of hydrogen-bond donors (Lipinski definition) is 0. The van der Waals surface area contributed by atoms with Crippen LogP contribution >= 0.6 is 0 Å². The Kier molecular flexibility index (Phi) is 6.43. The molecule has 0 spiro atoms. The molecule has 1 amide bonds. The highest BCUT2D eigenvalue weighted by Gasteiger charge is 2.34. The zero-order valence-electron chi connectivity index (χ0n) is 18.6. The van der Waals surface area contributed by atoms with Gasteiger partial charge in [0, 0.05) is 30.1 Å². The average Bonchev–Trinajstić information content (AvgIpc) is 3.36. The van der Waals surface area contributed by atoms with Crippen LogP contribution < -0.4 is 0 Å². The fraction of sp³-hybridized carbons (Fsp3) is 0.545. The molecule has 3 rings (SSSR count). The summed E-state index contributed by atoms with van der Waals surface area (Å²) in [7, 11) is 0. The molecule has 1 saturated heterocycles. The molecule has 0 unspecified atom stereocenters. The van der Waals surface area contributed by atoms with E-state index in [1.54, 1.807) is 11.0 Å². The lowest BCUT2D eigenvalue weighted by Gasteiger charge is -2.37. The second kappa shape index (κ2) is 8.72. The summed E-state index contributed by atoms with van der Waals surface area (Å²) in [6.07, 6.45) is -0.645. The Morgan fingerprint density at radius 1 is 1.35 bits per heavy atom. The lowest BCUT2D eigenvalue weighted by Crippen LogP contribution is -2.44. The van der Waals surface area contributed by atoms with E-state index in [0.717, 1.165) is 12.2 Å². The maximum atomic E-state index is 13.1. The number of rotatable bonds is 5. The number of aromatic nitrogens is 3. The SMILES string of the molecule is C=C([C@@H]1CN(C(=O)c2ccc(C(C)(C)C)o2)CC[C@H]1C)n1ncnc1/N=C(\C)C(F)F. The van der Waals surface area contributed by atoms with Gasteiger partial charge in [0.15, 0.2) is 5.76 Å². The van der Waals surface area contributed by atoms with Gasteiger partial charge in [-0.3, -0.25) is 4.79 Å². The average molecular weight is 434 g/mol. The van der Waals surface area contributed by atoms with Crippen molar-refractivity contribution >= 4 is 23.3 Å². The first-order valence-electron chi connectivity index (χ1n) is 10.3. The van der Waals surface area contributed by atoms with Crippen molar-refractivity contribution in [3.8, 4) is 0 Å². The van der Waals surface area contributed by atoms with Crippen LogP contribution in [-0.4, -0.2) is 50.8 Å². The number of piperidine rings is 1. The van der Waals surface area contributed by atoms with Crippen molar-refractivity contribution in [1.82, 2.24) is 19.7 Å². The number of alkyl halides is 2. The molecule has 31 heavy (non-hydrogen) atoms. The lowest BCUT2D eigenvalue weighted by atomic mass is 9.85. The second-order valence-electron chi connectivity index (χ2n) is 9.05. The van der Waals surface area contributed by atoms with E-state index in [0.29, 0.717) is 24.5 Å². The molecule has 0 N–H and O–H groups in total. The van der Waals surface area contributed by atoms with E-state index in [9.17, 15) is 13.6 Å². The van der Waals surface area contributed by atoms with Crippen molar-refractivity contribution in [2.45, 2.75) is 52.9 Å². The van der Waals surface area contributed by atoms with Gasteiger partial charge in [0.05, 0.1) is 5.71 Å². The van der Waals surface area contributed by atoms with Gasteiger partial charge in [-0.1, -0.05) is 34.3 Å². The standard InChI is InChI=1S/C22H29F2N5O2/c1-13-9-10-28(20(30)17-7-8-18(31-17)22(4,5)6)11-16(13)15(3)29-21(25-12-26-29)27-14(2)19(23)24/h7-8,12-13,16,19H,3,9-11H2,1-2,4-6H3/b27-14+/t13-,16-/m1/s1. The van der Waals surface area contributed by atoms with Crippen LogP contribution in [0.4, 0.5) is 14.7 Å². The van der Waals surface area contributed by atoms with Crippen molar-refractivity contribution in [2.24, 2.45) is 16.8 Å². The van der Waals surface area contributed by atoms with Gasteiger partial charge in [-0.15, -0.1) is 0 Å². The van der Waals surface area contributed by atoms with E-state index in [2.05, 4.69) is 28.6 Å². The van der Waals surface area contributed by atoms with E-state index >= 15 is 0 Å². The summed E-state index contributed by atoms with van der Waals surface area (Å²) in [5.41, 5.74) is 0.0349. The van der Waals surface area contributed by atoms with Crippen molar-refractivity contribution < 1.29 is 18.0 Å². The summed E-state index contributed by atoms with van der Waals surface area (Å²) in [5, 5.41) is 4.13. The fourth-order valence-corrected chi connectivity index (χ4v) is 3.58. The monoisotopic (exact) mass is 433 g/mol. The van der Waals surface area contributed by atoms with Gasteiger partial charge in [-0.2, -0.15) is 10.1 Å². The summed E-state index contributed by atoms with van der Waals surface area (Å²) in [5.74, 6) is 1.03. The molecule has 168 valence electrons. The zero-order chi connectivity index (χ0) is 22.9. The molecule has 2 atom stereocenters. The molecule has 0 saturated carbocycles. The Hall–Kier alpha value is -2.84. The van der Waals surface area contributed by atoms with Gasteiger partial charge < -0.3 is 9.32 Å². The highest BCUT2D eigenvalue weighted by atomic mass is 19.3. The van der Waals surface area contributed by atoms with Crippen molar-refractivity contribution in [3.05, 3.63) is 36.6 Å². The minimum atomic E-state index is -2.67. The maximum Gasteiger partial charge on any atom is 0.289 e. The maximum absolute atomic E-state index is 13.1. The van der Waals surface area contributed by atoms with Crippen LogP contribution in [0.2, 0.25) is 0 Å². The number of nitrogens with zero attached hydrogens (tertiary/aromatic N) is 5. The van der Waals surface area contributed by atoms with Crippen LogP contribution in [0.15, 0.2) is 34.4 Å². The summed E-state index contributed by atoms with van der Waals surface area (Å²) < 4.78 is 33.0. The van der Waals surface area contributed by atoms with Gasteiger partial charge in [0.25, 0.3) is 18.3 Å². The van der Waals surface area contributed by atoms with Gasteiger partial charge in [0.1, 0.15) is 12.1 Å². The number of carbonyl (C=O) groups is 1. The molecule has 1 aliphatic heterocycles. The van der Waals surface area contributed by atoms with Gasteiger partial charge in [-0.05, 0) is 31.4 Å². The quantitative estimate of drug-likeness (QED) is 0.635. The predicted molar refractivity (Wildman–Crippen MR) is 115 cm³/mol. The summed E-state index contributed by atoms with van der Waals surface area (Å²) >= 11 is 0. The Balaban J connectivity index is 1.80. The van der Waals surface area contributed by atoms with Crippen LogP contribution in [-0.2, 0) is 5.41 Å². The highest BCUT2D eigenvalue weighted by Crippen LogP contribution is 2.33. The Labute approximate surface area is 180 Å². The van der Waals surface area contributed by atoms with E-state index in [1.807, 2.05) is 26.8 Å². The van der Waals surface area contributed by atoms with Crippen LogP contribution in [0.5, 0.6) is 0 Å². The predicted octanol–water partition coefficient (Wildman–Crippen LogP) is 4.80. The van der Waals surface area contributed by atoms with Gasteiger partial charge in [-0.25, -0.2) is 18.5 Å². The summed E-state index contributed by atoms with van der Waals surface area (Å²) in [6.45, 7) is 14.5. The van der Waals surface area contributed by atoms with E-state index in [1.165, 1.54) is 17.9 Å². The smallest absolute Gasteiger partial charge is 0.289 e. The lowest BCUT2D eigenvalue weighted by molar-refractivity contribution is 0.0618. The van der Waals surface area contributed by atoms with Crippen molar-refractivity contribution in [3.63, 3.8) is 0 Å². The molecule has 9 heteroatoms. The molecular formula is C22H29F2N5O2. The number of halogens is 2. The highest BCUT2D eigenvalue weighted by molar-refractivity contribution is 5.91. The number of amides is 1. The topological polar surface area (TPSA) is 76.5 Å². The van der Waals surface area contributed by atoms with Crippen molar-refractivity contribution in [1.29, 1.82) is 0 Å². The largest absolute Gasteiger partial charge is 0.455 e. The second-order valence-corrected chi connectivity index (χ2v) is 9.05. The molecule has 0 aromatic carbocycles. The third-order valence-electron chi connectivity index (χ3n) is 5.62. The van der Waals surface area contributed by atoms with Gasteiger partial charge >= 0.3 is 0 Å². The molecule has 0 aliphatic carbocycles. The number of carbonyl (C=O) groups excluding carboxylic acids is 1. The number of furan rings is 1. The molecule has 3 heterocycles. The minimum Gasteiger partial charge on any atom is -0.455 e. The Morgan fingerprint density at radius 3 is 2.68 bits per heavy atom. The molecule has 0 bridgehead atoms. The molecule has 2 aromatic heterocycles. The first-order chi connectivity index (χ1) is 14.5. The van der Waals surface area contributed by atoms with Crippen molar-refractivity contribution in [2.75, 3.05) is 13.1 Å². The summed E-state index contributed by atoms with van der Waals surface area (Å²) in [6, 6.07) is 3.55. The zero-order valence-corrected chi connectivity index (χ0v) is 18.6. The number of hydrogen-bond acceptors (Lipinski definition) is 5. The van der Waals surface area contributed by atoms with Crippen LogP contribution in [0.25, 0.3) is 5.70 Å². The number of aliphatic imine (C=N–C) groups is 1. The van der Waals surface area contributed by atoms with Crippen LogP contribution in [0, 0.1) is 11.8 Å². The normalized spacial score (nSPS) is 20.4. The van der Waals surface area contributed by atoms with Gasteiger partial charge in [0.2, 0.25) is 0 Å². The molecule has 0 radical (unpaired) electrons. The molecule has 1 aliphatic rings. The van der Waals surface area contributed by atoms with Crippen LogP contribution in [0.1, 0.15) is 57.4 Å². The minimum absolute atomic E-state index is 0.0549. The Morgan fingerprint density at radius 2 is 2.06 bits per heavy atom. The van der Waals surface area contributed by atoms with E-state index < -0.39 is 6.43 Å². The molecule has 1 fully saturated rings. The third-order valence-corrected chi connectivity index (χ3v) is 5.62.